The quantitative estimate of drug-likeness (QED) is 0.833. The molecule has 0 bridgehead atoms. The first-order valence-electron chi connectivity index (χ1n) is 7.75. The largest absolute Gasteiger partial charge is 0.416 e. The van der Waals surface area contributed by atoms with Crippen molar-refractivity contribution in [1.82, 2.24) is 14.5 Å². The number of sulfonamides is 1. The van der Waals surface area contributed by atoms with Crippen LogP contribution < -0.4 is 5.32 Å². The zero-order valence-corrected chi connectivity index (χ0v) is 14.5. The molecule has 1 aliphatic rings. The molecule has 0 radical (unpaired) electrons. The van der Waals surface area contributed by atoms with E-state index >= 15 is 0 Å². The van der Waals surface area contributed by atoms with Gasteiger partial charge in [-0.05, 0) is 24.3 Å². The fourth-order valence-electron chi connectivity index (χ4n) is 2.55. The third kappa shape index (κ3) is 5.16. The predicted octanol–water partition coefficient (Wildman–Crippen LogP) is 1.15. The number of amides is 1. The van der Waals surface area contributed by atoms with Gasteiger partial charge in [0.05, 0.1) is 10.5 Å². The van der Waals surface area contributed by atoms with Crippen LogP contribution >= 0.6 is 0 Å². The Morgan fingerprint density at radius 3 is 2.16 bits per heavy atom. The van der Waals surface area contributed by atoms with E-state index in [0.717, 1.165) is 24.3 Å². The summed E-state index contributed by atoms with van der Waals surface area (Å²) in [6, 6.07) is 3.52. The van der Waals surface area contributed by atoms with Gasteiger partial charge >= 0.3 is 6.18 Å². The highest BCUT2D eigenvalue weighted by Crippen LogP contribution is 2.30. The summed E-state index contributed by atoms with van der Waals surface area (Å²) >= 11 is 0. The minimum Gasteiger partial charge on any atom is -0.355 e. The molecule has 0 aromatic heterocycles. The molecule has 25 heavy (non-hydrogen) atoms. The monoisotopic (exact) mass is 379 g/mol. The number of hydrogen-bond acceptors (Lipinski definition) is 4. The zero-order chi connectivity index (χ0) is 18.7. The van der Waals surface area contributed by atoms with Crippen LogP contribution in [-0.4, -0.2) is 62.8 Å². The molecule has 140 valence electrons. The number of carbonyl (C=O) groups excluding carboxylic acids is 1. The number of halogens is 3. The van der Waals surface area contributed by atoms with Gasteiger partial charge in [-0.15, -0.1) is 0 Å². The topological polar surface area (TPSA) is 69.7 Å². The first-order valence-corrected chi connectivity index (χ1v) is 9.19. The summed E-state index contributed by atoms with van der Waals surface area (Å²) in [7, 11) is -3.81. The first kappa shape index (κ1) is 19.7. The van der Waals surface area contributed by atoms with Crippen LogP contribution in [0.3, 0.4) is 0 Å². The van der Waals surface area contributed by atoms with Crippen molar-refractivity contribution in [3.63, 3.8) is 0 Å². The van der Waals surface area contributed by atoms with Crippen molar-refractivity contribution in [2.45, 2.75) is 18.0 Å². The fourth-order valence-corrected chi connectivity index (χ4v) is 3.97. The van der Waals surface area contributed by atoms with Crippen LogP contribution in [-0.2, 0) is 21.0 Å². The summed E-state index contributed by atoms with van der Waals surface area (Å²) in [5, 5.41) is 2.67. The van der Waals surface area contributed by atoms with Crippen LogP contribution in [0, 0.1) is 0 Å². The van der Waals surface area contributed by atoms with Crippen LogP contribution in [0.4, 0.5) is 13.2 Å². The van der Waals surface area contributed by atoms with Gasteiger partial charge in [-0.1, -0.05) is 0 Å². The lowest BCUT2D eigenvalue weighted by molar-refractivity contribution is -0.137. The molecular weight excluding hydrogens is 359 g/mol. The molecule has 0 spiro atoms. The third-order valence-electron chi connectivity index (χ3n) is 3.95. The van der Waals surface area contributed by atoms with E-state index in [1.54, 1.807) is 0 Å². The maximum Gasteiger partial charge on any atom is 0.416 e. The van der Waals surface area contributed by atoms with Gasteiger partial charge in [0.25, 0.3) is 0 Å². The second kappa shape index (κ2) is 7.71. The summed E-state index contributed by atoms with van der Waals surface area (Å²) in [6.07, 6.45) is -4.50. The lowest BCUT2D eigenvalue weighted by Crippen LogP contribution is -2.50. The van der Waals surface area contributed by atoms with Gasteiger partial charge in [0.15, 0.2) is 0 Å². The smallest absolute Gasteiger partial charge is 0.355 e. The number of benzene rings is 1. The maximum absolute atomic E-state index is 12.6. The molecule has 6 nitrogen and oxygen atoms in total. The van der Waals surface area contributed by atoms with Crippen molar-refractivity contribution < 1.29 is 26.4 Å². The first-order chi connectivity index (χ1) is 11.6. The SMILES string of the molecule is CC(=O)NCCN1CCN(S(=O)(=O)c2ccc(C(F)(F)F)cc2)CC1. The van der Waals surface area contributed by atoms with E-state index < -0.39 is 21.8 Å². The predicted molar refractivity (Wildman–Crippen MR) is 85.3 cm³/mol. The van der Waals surface area contributed by atoms with E-state index in [1.165, 1.54) is 11.2 Å². The molecule has 1 heterocycles. The Kier molecular flexibility index (Phi) is 6.07. The van der Waals surface area contributed by atoms with Crippen molar-refractivity contribution in [2.24, 2.45) is 0 Å². The standard InChI is InChI=1S/C15H20F3N3O3S/c1-12(22)19-6-7-20-8-10-21(11-9-20)25(23,24)14-4-2-13(3-5-14)15(16,17)18/h2-5H,6-11H2,1H3,(H,19,22). The van der Waals surface area contributed by atoms with Crippen LogP contribution in [0.1, 0.15) is 12.5 Å². The number of hydrogen-bond donors (Lipinski definition) is 1. The second-order valence-corrected chi connectivity index (χ2v) is 7.69. The summed E-state index contributed by atoms with van der Waals surface area (Å²) < 4.78 is 64.0. The molecule has 0 aliphatic carbocycles. The Bertz CT molecular complexity index is 697. The van der Waals surface area contributed by atoms with Gasteiger partial charge in [-0.3, -0.25) is 9.69 Å². The Hall–Kier alpha value is -1.65. The Labute approximate surface area is 144 Å². The van der Waals surface area contributed by atoms with E-state index in [2.05, 4.69) is 5.32 Å². The van der Waals surface area contributed by atoms with Crippen molar-refractivity contribution in [2.75, 3.05) is 39.3 Å². The number of rotatable bonds is 5. The van der Waals surface area contributed by atoms with E-state index in [-0.39, 0.29) is 23.9 Å². The average molecular weight is 379 g/mol. The minimum absolute atomic E-state index is 0.122. The maximum atomic E-state index is 12.6. The molecule has 1 saturated heterocycles. The Balaban J connectivity index is 1.96. The van der Waals surface area contributed by atoms with Gasteiger partial charge < -0.3 is 5.32 Å². The highest BCUT2D eigenvalue weighted by atomic mass is 32.2. The van der Waals surface area contributed by atoms with Gasteiger partial charge in [-0.2, -0.15) is 17.5 Å². The summed E-state index contributed by atoms with van der Waals surface area (Å²) in [5.74, 6) is -0.122. The molecule has 0 atom stereocenters. The van der Waals surface area contributed by atoms with Gasteiger partial charge in [0.2, 0.25) is 15.9 Å². The molecule has 1 amide bonds. The normalized spacial score (nSPS) is 17.4. The van der Waals surface area contributed by atoms with Gasteiger partial charge in [0.1, 0.15) is 0 Å². The lowest BCUT2D eigenvalue weighted by Gasteiger charge is -2.33. The molecule has 1 aromatic carbocycles. The number of carbonyl (C=O) groups is 1. The molecule has 1 N–H and O–H groups in total. The molecule has 0 saturated carbocycles. The third-order valence-corrected chi connectivity index (χ3v) is 5.87. The second-order valence-electron chi connectivity index (χ2n) is 5.75. The minimum atomic E-state index is -4.50. The number of piperazine rings is 1. The molecule has 2 rings (SSSR count). The number of alkyl halides is 3. The van der Waals surface area contributed by atoms with E-state index in [4.69, 9.17) is 0 Å². The van der Waals surface area contributed by atoms with Crippen LogP contribution in [0.25, 0.3) is 0 Å². The van der Waals surface area contributed by atoms with E-state index in [0.29, 0.717) is 26.2 Å². The summed E-state index contributed by atoms with van der Waals surface area (Å²) in [5.41, 5.74) is -0.880. The van der Waals surface area contributed by atoms with Crippen molar-refractivity contribution in [1.29, 1.82) is 0 Å². The molecule has 1 aliphatic heterocycles. The van der Waals surface area contributed by atoms with Gasteiger partial charge in [0, 0.05) is 46.2 Å². The molecule has 0 unspecified atom stereocenters. The van der Waals surface area contributed by atoms with Gasteiger partial charge in [-0.25, -0.2) is 8.42 Å². The highest BCUT2D eigenvalue weighted by molar-refractivity contribution is 7.89. The fraction of sp³-hybridized carbons (Fsp3) is 0.533. The number of nitrogens with zero attached hydrogens (tertiary/aromatic N) is 2. The molecular formula is C15H20F3N3O3S. The van der Waals surface area contributed by atoms with E-state index in [9.17, 15) is 26.4 Å². The van der Waals surface area contributed by atoms with Crippen molar-refractivity contribution >= 4 is 15.9 Å². The van der Waals surface area contributed by atoms with Crippen molar-refractivity contribution in [3.8, 4) is 0 Å². The molecule has 10 heteroatoms. The average Bonchev–Trinajstić information content (AvgIpc) is 2.54. The highest BCUT2D eigenvalue weighted by Gasteiger charge is 2.32. The lowest BCUT2D eigenvalue weighted by atomic mass is 10.2. The summed E-state index contributed by atoms with van der Waals surface area (Å²) in [4.78, 5) is 12.7. The molecule has 1 aromatic rings. The van der Waals surface area contributed by atoms with Crippen molar-refractivity contribution in [3.05, 3.63) is 29.8 Å². The molecule has 1 fully saturated rings. The number of nitrogens with one attached hydrogen (secondary N) is 1. The Morgan fingerprint density at radius 1 is 1.12 bits per heavy atom. The van der Waals surface area contributed by atoms with Crippen LogP contribution in [0.2, 0.25) is 0 Å². The van der Waals surface area contributed by atoms with Crippen LogP contribution in [0.15, 0.2) is 29.2 Å². The van der Waals surface area contributed by atoms with E-state index in [1.807, 2.05) is 4.90 Å². The Morgan fingerprint density at radius 2 is 1.68 bits per heavy atom. The summed E-state index contributed by atoms with van der Waals surface area (Å²) in [6.45, 7) is 4.04. The zero-order valence-electron chi connectivity index (χ0n) is 13.7. The van der Waals surface area contributed by atoms with Crippen LogP contribution in [0.5, 0.6) is 0 Å².